The molecule has 126 valence electrons. The van der Waals surface area contributed by atoms with Gasteiger partial charge in [-0.05, 0) is 30.7 Å². The number of anilines is 1. The molecule has 2 aromatic carbocycles. The maximum absolute atomic E-state index is 11.9. The first kappa shape index (κ1) is 17.7. The molecule has 1 atom stereocenters. The number of aliphatic hydroxyl groups is 1. The Kier molecular flexibility index (Phi) is 5.73. The van der Waals surface area contributed by atoms with Crippen LogP contribution in [0.15, 0.2) is 42.5 Å². The number of nitrogens with one attached hydrogen (secondary N) is 2. The Morgan fingerprint density at radius 2 is 2.08 bits per heavy atom. The lowest BCUT2D eigenvalue weighted by molar-refractivity contribution is -0.385. The molecule has 0 aliphatic heterocycles. The normalized spacial score (nSPS) is 11.6. The molecule has 3 N–H and O–H groups in total. The van der Waals surface area contributed by atoms with Gasteiger partial charge < -0.3 is 15.7 Å². The zero-order chi connectivity index (χ0) is 17.7. The molecule has 2 rings (SSSR count). The summed E-state index contributed by atoms with van der Waals surface area (Å²) in [7, 11) is 0. The summed E-state index contributed by atoms with van der Waals surface area (Å²) in [4.78, 5) is 22.2. The zero-order valence-electron chi connectivity index (χ0n) is 12.8. The van der Waals surface area contributed by atoms with E-state index in [1.807, 2.05) is 0 Å². The molecule has 0 aliphatic rings. The highest BCUT2D eigenvalue weighted by molar-refractivity contribution is 6.30. The van der Waals surface area contributed by atoms with E-state index in [-0.39, 0.29) is 12.2 Å². The predicted molar refractivity (Wildman–Crippen MR) is 91.3 cm³/mol. The van der Waals surface area contributed by atoms with E-state index in [4.69, 9.17) is 11.6 Å². The average molecular weight is 350 g/mol. The van der Waals surface area contributed by atoms with Crippen LogP contribution in [0.4, 0.5) is 16.2 Å². The number of carbonyl (C=O) groups is 1. The van der Waals surface area contributed by atoms with E-state index in [0.29, 0.717) is 21.8 Å². The Labute approximate surface area is 143 Å². The van der Waals surface area contributed by atoms with Crippen LogP contribution in [-0.4, -0.2) is 22.6 Å². The summed E-state index contributed by atoms with van der Waals surface area (Å²) in [5.41, 5.74) is 1.30. The molecule has 24 heavy (non-hydrogen) atoms. The fourth-order valence-corrected chi connectivity index (χ4v) is 2.28. The highest BCUT2D eigenvalue weighted by Crippen LogP contribution is 2.22. The molecular weight excluding hydrogens is 334 g/mol. The molecule has 0 aliphatic carbocycles. The molecule has 2 amide bonds. The van der Waals surface area contributed by atoms with Crippen LogP contribution >= 0.6 is 11.6 Å². The molecule has 2 aromatic rings. The van der Waals surface area contributed by atoms with Crippen molar-refractivity contribution in [1.82, 2.24) is 5.32 Å². The number of nitrogens with zero attached hydrogens (tertiary/aromatic N) is 1. The minimum absolute atomic E-state index is 0.0276. The van der Waals surface area contributed by atoms with Gasteiger partial charge in [0.25, 0.3) is 5.69 Å². The number of hydrogen-bond donors (Lipinski definition) is 3. The van der Waals surface area contributed by atoms with Gasteiger partial charge >= 0.3 is 6.03 Å². The predicted octanol–water partition coefficient (Wildman–Crippen LogP) is 3.41. The lowest BCUT2D eigenvalue weighted by Gasteiger charge is -2.13. The summed E-state index contributed by atoms with van der Waals surface area (Å²) in [5.74, 6) is 0. The number of aliphatic hydroxyl groups excluding tert-OH is 1. The van der Waals surface area contributed by atoms with Gasteiger partial charge in [-0.15, -0.1) is 0 Å². The summed E-state index contributed by atoms with van der Waals surface area (Å²) in [5, 5.41) is 26.4. The molecule has 0 radical (unpaired) electrons. The fourth-order valence-electron chi connectivity index (χ4n) is 2.08. The third-order valence-electron chi connectivity index (χ3n) is 3.35. The smallest absolute Gasteiger partial charge is 0.319 e. The monoisotopic (exact) mass is 349 g/mol. The number of urea groups is 1. The number of nitro groups is 1. The first-order valence-electron chi connectivity index (χ1n) is 7.10. The third-order valence-corrected chi connectivity index (χ3v) is 3.59. The van der Waals surface area contributed by atoms with Crippen molar-refractivity contribution in [3.05, 3.63) is 68.7 Å². The summed E-state index contributed by atoms with van der Waals surface area (Å²) in [6.07, 6.45) is -0.915. The van der Waals surface area contributed by atoms with Crippen molar-refractivity contribution in [2.75, 3.05) is 11.9 Å². The Morgan fingerprint density at radius 1 is 1.33 bits per heavy atom. The average Bonchev–Trinajstić information content (AvgIpc) is 2.54. The van der Waals surface area contributed by atoms with E-state index in [1.165, 1.54) is 6.07 Å². The lowest BCUT2D eigenvalue weighted by Crippen LogP contribution is -2.32. The van der Waals surface area contributed by atoms with E-state index in [1.54, 1.807) is 43.3 Å². The number of amides is 2. The lowest BCUT2D eigenvalue weighted by atomic mass is 10.1. The minimum Gasteiger partial charge on any atom is -0.387 e. The SMILES string of the molecule is Cc1ccc(NC(=O)NCC(O)c2cccc(Cl)c2)cc1[N+](=O)[O-]. The van der Waals surface area contributed by atoms with E-state index in [2.05, 4.69) is 10.6 Å². The topological polar surface area (TPSA) is 104 Å². The number of hydrogen-bond acceptors (Lipinski definition) is 4. The van der Waals surface area contributed by atoms with Crippen LogP contribution in [0.2, 0.25) is 5.02 Å². The van der Waals surface area contributed by atoms with Crippen LogP contribution in [0.3, 0.4) is 0 Å². The van der Waals surface area contributed by atoms with Gasteiger partial charge in [-0.1, -0.05) is 29.8 Å². The summed E-state index contributed by atoms with van der Waals surface area (Å²) in [6.45, 7) is 1.59. The van der Waals surface area contributed by atoms with Gasteiger partial charge in [-0.2, -0.15) is 0 Å². The van der Waals surface area contributed by atoms with Crippen LogP contribution in [0.25, 0.3) is 0 Å². The number of nitro benzene ring substituents is 1. The van der Waals surface area contributed by atoms with E-state index in [9.17, 15) is 20.0 Å². The van der Waals surface area contributed by atoms with Crippen LogP contribution < -0.4 is 10.6 Å². The van der Waals surface area contributed by atoms with Gasteiger partial charge in [0.1, 0.15) is 0 Å². The number of halogens is 1. The van der Waals surface area contributed by atoms with E-state index in [0.717, 1.165) is 0 Å². The molecule has 1 unspecified atom stereocenters. The van der Waals surface area contributed by atoms with Crippen molar-refractivity contribution >= 4 is 29.0 Å². The van der Waals surface area contributed by atoms with Crippen LogP contribution in [0, 0.1) is 17.0 Å². The zero-order valence-corrected chi connectivity index (χ0v) is 13.6. The van der Waals surface area contributed by atoms with Crippen molar-refractivity contribution in [3.8, 4) is 0 Å². The van der Waals surface area contributed by atoms with Crippen molar-refractivity contribution in [1.29, 1.82) is 0 Å². The molecular formula is C16H16ClN3O4. The maximum Gasteiger partial charge on any atom is 0.319 e. The van der Waals surface area contributed by atoms with Gasteiger partial charge in [0.15, 0.2) is 0 Å². The molecule has 7 nitrogen and oxygen atoms in total. The van der Waals surface area contributed by atoms with Gasteiger partial charge in [-0.3, -0.25) is 10.1 Å². The summed E-state index contributed by atoms with van der Waals surface area (Å²) in [6, 6.07) is 10.5. The standard InChI is InChI=1S/C16H16ClN3O4/c1-10-5-6-13(8-14(10)20(23)24)19-16(22)18-9-15(21)11-3-2-4-12(17)7-11/h2-8,15,21H,9H2,1H3,(H2,18,19,22). The molecule has 0 spiro atoms. The summed E-state index contributed by atoms with van der Waals surface area (Å²) < 4.78 is 0. The second-order valence-corrected chi connectivity index (χ2v) is 5.60. The number of aryl methyl sites for hydroxylation is 1. The molecule has 0 fully saturated rings. The maximum atomic E-state index is 11.9. The second kappa shape index (κ2) is 7.76. The first-order chi connectivity index (χ1) is 11.4. The quantitative estimate of drug-likeness (QED) is 0.568. The van der Waals surface area contributed by atoms with Crippen molar-refractivity contribution in [2.24, 2.45) is 0 Å². The van der Waals surface area contributed by atoms with Crippen LogP contribution in [0.1, 0.15) is 17.2 Å². The van der Waals surface area contributed by atoms with Gasteiger partial charge in [0.05, 0.1) is 11.0 Å². The molecule has 0 saturated heterocycles. The Hall–Kier alpha value is -2.64. The highest BCUT2D eigenvalue weighted by atomic mass is 35.5. The number of carbonyl (C=O) groups excluding carboxylic acids is 1. The number of rotatable bonds is 5. The number of benzene rings is 2. The second-order valence-electron chi connectivity index (χ2n) is 5.16. The van der Waals surface area contributed by atoms with Crippen molar-refractivity contribution in [3.63, 3.8) is 0 Å². The third kappa shape index (κ3) is 4.68. The van der Waals surface area contributed by atoms with Crippen LogP contribution in [-0.2, 0) is 0 Å². The first-order valence-corrected chi connectivity index (χ1v) is 7.48. The molecule has 0 aromatic heterocycles. The summed E-state index contributed by atoms with van der Waals surface area (Å²) >= 11 is 5.85. The Morgan fingerprint density at radius 3 is 2.75 bits per heavy atom. The highest BCUT2D eigenvalue weighted by Gasteiger charge is 2.13. The fraction of sp³-hybridized carbons (Fsp3) is 0.188. The van der Waals surface area contributed by atoms with E-state index >= 15 is 0 Å². The molecule has 0 heterocycles. The van der Waals surface area contributed by atoms with Gasteiger partial charge in [-0.25, -0.2) is 4.79 Å². The minimum atomic E-state index is -0.915. The molecule has 8 heteroatoms. The largest absolute Gasteiger partial charge is 0.387 e. The van der Waals surface area contributed by atoms with Gasteiger partial charge in [0.2, 0.25) is 0 Å². The van der Waals surface area contributed by atoms with Gasteiger partial charge in [0, 0.05) is 28.9 Å². The van der Waals surface area contributed by atoms with Crippen molar-refractivity contribution < 1.29 is 14.8 Å². The van der Waals surface area contributed by atoms with E-state index < -0.39 is 17.1 Å². The molecule has 0 saturated carbocycles. The van der Waals surface area contributed by atoms with Crippen molar-refractivity contribution in [2.45, 2.75) is 13.0 Å². The Balaban J connectivity index is 1.94. The van der Waals surface area contributed by atoms with Crippen LogP contribution in [0.5, 0.6) is 0 Å². The molecule has 0 bridgehead atoms. The Bertz CT molecular complexity index is 767.